The summed E-state index contributed by atoms with van der Waals surface area (Å²) >= 11 is 5.85. The van der Waals surface area contributed by atoms with Gasteiger partial charge in [-0.3, -0.25) is 9.59 Å². The highest BCUT2D eigenvalue weighted by atomic mass is 35.5. The lowest BCUT2D eigenvalue weighted by molar-refractivity contribution is 0.101. The van der Waals surface area contributed by atoms with E-state index < -0.39 is 5.91 Å². The van der Waals surface area contributed by atoms with Gasteiger partial charge in [0, 0.05) is 10.7 Å². The normalized spacial score (nSPS) is 10.5. The molecule has 0 fully saturated rings. The zero-order valence-corrected chi connectivity index (χ0v) is 11.5. The number of aromatic amines is 1. The van der Waals surface area contributed by atoms with Crippen LogP contribution < -0.4 is 10.9 Å². The van der Waals surface area contributed by atoms with E-state index in [9.17, 15) is 9.59 Å². The first-order chi connectivity index (χ1) is 10.1. The summed E-state index contributed by atoms with van der Waals surface area (Å²) < 4.78 is 0. The molecule has 0 radical (unpaired) electrons. The number of hydrogen-bond donors (Lipinski definition) is 2. The Hall–Kier alpha value is -2.66. The third-order valence-corrected chi connectivity index (χ3v) is 3.15. The van der Waals surface area contributed by atoms with Gasteiger partial charge in [-0.05, 0) is 30.3 Å². The molecule has 6 heteroatoms. The third kappa shape index (κ3) is 2.78. The van der Waals surface area contributed by atoms with Crippen LogP contribution in [-0.2, 0) is 0 Å². The summed E-state index contributed by atoms with van der Waals surface area (Å²) in [4.78, 5) is 30.7. The van der Waals surface area contributed by atoms with E-state index in [2.05, 4.69) is 15.3 Å². The van der Waals surface area contributed by atoms with Crippen LogP contribution in [0, 0.1) is 0 Å². The Labute approximate surface area is 124 Å². The Bertz CT molecular complexity index is 889. The Kier molecular flexibility index (Phi) is 3.41. The smallest absolute Gasteiger partial charge is 0.291 e. The van der Waals surface area contributed by atoms with Crippen molar-refractivity contribution in [3.63, 3.8) is 0 Å². The molecule has 3 aromatic rings. The second kappa shape index (κ2) is 5.38. The quantitative estimate of drug-likeness (QED) is 0.764. The number of halogens is 1. The van der Waals surface area contributed by atoms with Crippen LogP contribution in [0.25, 0.3) is 10.9 Å². The number of rotatable bonds is 2. The Balaban J connectivity index is 1.96. The first kappa shape index (κ1) is 13.3. The molecule has 0 aliphatic rings. The van der Waals surface area contributed by atoms with E-state index in [1.165, 1.54) is 0 Å². The molecule has 0 saturated heterocycles. The molecule has 0 aliphatic carbocycles. The summed E-state index contributed by atoms with van der Waals surface area (Å²) in [5.74, 6) is -0.543. The number of H-pyrrole nitrogens is 1. The Morgan fingerprint density at radius 2 is 1.95 bits per heavy atom. The van der Waals surface area contributed by atoms with Crippen LogP contribution in [0.5, 0.6) is 0 Å². The molecule has 1 heterocycles. The molecule has 3 rings (SSSR count). The fourth-order valence-electron chi connectivity index (χ4n) is 1.95. The summed E-state index contributed by atoms with van der Waals surface area (Å²) in [6.45, 7) is 0. The minimum Gasteiger partial charge on any atom is -0.319 e. The zero-order valence-electron chi connectivity index (χ0n) is 10.8. The lowest BCUT2D eigenvalue weighted by Crippen LogP contribution is -2.21. The van der Waals surface area contributed by atoms with Crippen LogP contribution in [0.3, 0.4) is 0 Å². The molecule has 1 aromatic heterocycles. The largest absolute Gasteiger partial charge is 0.319 e. The second-order valence-electron chi connectivity index (χ2n) is 4.40. The number of aromatic nitrogens is 2. The molecule has 0 unspecified atom stereocenters. The number of fused-ring (bicyclic) bond motifs is 1. The van der Waals surface area contributed by atoms with Gasteiger partial charge in [0.2, 0.25) is 0 Å². The molecule has 0 saturated carbocycles. The predicted octanol–water partition coefficient (Wildman–Crippen LogP) is 2.83. The van der Waals surface area contributed by atoms with Crippen molar-refractivity contribution in [1.29, 1.82) is 0 Å². The van der Waals surface area contributed by atoms with Gasteiger partial charge in [0.15, 0.2) is 5.82 Å². The van der Waals surface area contributed by atoms with Crippen LogP contribution in [0.4, 0.5) is 5.69 Å². The van der Waals surface area contributed by atoms with Crippen molar-refractivity contribution in [3.05, 3.63) is 69.7 Å². The van der Waals surface area contributed by atoms with Crippen molar-refractivity contribution in [2.45, 2.75) is 0 Å². The van der Waals surface area contributed by atoms with Crippen molar-refractivity contribution in [3.8, 4) is 0 Å². The molecule has 0 spiro atoms. The monoisotopic (exact) mass is 299 g/mol. The molecule has 5 nitrogen and oxygen atoms in total. The highest BCUT2D eigenvalue weighted by Gasteiger charge is 2.11. The maximum atomic E-state index is 12.1. The number of benzene rings is 2. The average Bonchev–Trinajstić information content (AvgIpc) is 2.47. The molecular formula is C15H10ClN3O2. The molecule has 0 atom stereocenters. The minimum atomic E-state index is -0.500. The van der Waals surface area contributed by atoms with Gasteiger partial charge >= 0.3 is 0 Å². The number of amides is 1. The van der Waals surface area contributed by atoms with Gasteiger partial charge in [-0.15, -0.1) is 0 Å². The van der Waals surface area contributed by atoms with Gasteiger partial charge in [0.1, 0.15) is 0 Å². The summed E-state index contributed by atoms with van der Waals surface area (Å²) in [6.07, 6.45) is 0. The highest BCUT2D eigenvalue weighted by molar-refractivity contribution is 6.30. The maximum absolute atomic E-state index is 12.1. The number of anilines is 1. The topological polar surface area (TPSA) is 74.8 Å². The Morgan fingerprint density at radius 3 is 2.76 bits per heavy atom. The summed E-state index contributed by atoms with van der Waals surface area (Å²) in [7, 11) is 0. The van der Waals surface area contributed by atoms with Crippen molar-refractivity contribution in [1.82, 2.24) is 9.97 Å². The molecule has 2 aromatic carbocycles. The lowest BCUT2D eigenvalue weighted by Gasteiger charge is -2.05. The van der Waals surface area contributed by atoms with Crippen molar-refractivity contribution in [2.75, 3.05) is 5.32 Å². The van der Waals surface area contributed by atoms with E-state index in [-0.39, 0.29) is 11.4 Å². The lowest BCUT2D eigenvalue weighted by atomic mass is 10.2. The molecule has 104 valence electrons. The van der Waals surface area contributed by atoms with Gasteiger partial charge in [0.05, 0.1) is 10.9 Å². The van der Waals surface area contributed by atoms with Crippen LogP contribution in [0.15, 0.2) is 53.3 Å². The fourth-order valence-corrected chi connectivity index (χ4v) is 2.14. The van der Waals surface area contributed by atoms with Crippen LogP contribution in [-0.4, -0.2) is 15.9 Å². The summed E-state index contributed by atoms with van der Waals surface area (Å²) in [6, 6.07) is 13.6. The first-order valence-electron chi connectivity index (χ1n) is 6.19. The van der Waals surface area contributed by atoms with Gasteiger partial charge in [0.25, 0.3) is 11.5 Å². The molecular weight excluding hydrogens is 290 g/mol. The van der Waals surface area contributed by atoms with E-state index in [0.717, 1.165) is 0 Å². The van der Waals surface area contributed by atoms with Crippen molar-refractivity contribution >= 4 is 34.1 Å². The average molecular weight is 300 g/mol. The highest BCUT2D eigenvalue weighted by Crippen LogP contribution is 2.15. The summed E-state index contributed by atoms with van der Waals surface area (Å²) in [5, 5.41) is 3.58. The van der Waals surface area contributed by atoms with E-state index in [1.54, 1.807) is 48.5 Å². The number of nitrogens with zero attached hydrogens (tertiary/aromatic N) is 1. The molecule has 2 N–H and O–H groups in total. The standard InChI is InChI=1S/C15H10ClN3O2/c16-9-4-3-5-10(8-9)17-15(21)13-18-12-7-2-1-6-11(12)14(20)19-13/h1-8H,(H,17,21)(H,18,19,20). The first-order valence-corrected chi connectivity index (χ1v) is 6.57. The molecule has 0 bridgehead atoms. The minimum absolute atomic E-state index is 0.0429. The number of hydrogen-bond acceptors (Lipinski definition) is 3. The maximum Gasteiger partial charge on any atom is 0.291 e. The van der Waals surface area contributed by atoms with E-state index >= 15 is 0 Å². The number of nitrogens with one attached hydrogen (secondary N) is 2. The van der Waals surface area contributed by atoms with E-state index in [0.29, 0.717) is 21.6 Å². The van der Waals surface area contributed by atoms with Gasteiger partial charge < -0.3 is 10.3 Å². The predicted molar refractivity (Wildman–Crippen MR) is 81.8 cm³/mol. The number of carbonyl (C=O) groups is 1. The van der Waals surface area contributed by atoms with Gasteiger partial charge in [-0.1, -0.05) is 29.8 Å². The van der Waals surface area contributed by atoms with Crippen molar-refractivity contribution in [2.24, 2.45) is 0 Å². The van der Waals surface area contributed by atoms with Crippen LogP contribution in [0.2, 0.25) is 5.02 Å². The molecule has 21 heavy (non-hydrogen) atoms. The Morgan fingerprint density at radius 1 is 1.14 bits per heavy atom. The third-order valence-electron chi connectivity index (χ3n) is 2.91. The zero-order chi connectivity index (χ0) is 14.8. The number of carbonyl (C=O) groups excluding carboxylic acids is 1. The summed E-state index contributed by atoms with van der Waals surface area (Å²) in [5.41, 5.74) is 0.651. The SMILES string of the molecule is O=C(Nc1cccc(Cl)c1)c1nc2ccccc2c(=O)[nH]1. The van der Waals surface area contributed by atoms with Crippen LogP contribution >= 0.6 is 11.6 Å². The van der Waals surface area contributed by atoms with Crippen LogP contribution in [0.1, 0.15) is 10.6 Å². The van der Waals surface area contributed by atoms with Gasteiger partial charge in [-0.2, -0.15) is 0 Å². The van der Waals surface area contributed by atoms with Crippen molar-refractivity contribution < 1.29 is 4.79 Å². The second-order valence-corrected chi connectivity index (χ2v) is 4.83. The van der Waals surface area contributed by atoms with E-state index in [1.807, 2.05) is 0 Å². The molecule has 0 aliphatic heterocycles. The van der Waals surface area contributed by atoms with Gasteiger partial charge in [-0.25, -0.2) is 4.98 Å². The fraction of sp³-hybridized carbons (Fsp3) is 0. The molecule has 1 amide bonds. The van der Waals surface area contributed by atoms with E-state index in [4.69, 9.17) is 11.6 Å². The number of para-hydroxylation sites is 1.